The van der Waals surface area contributed by atoms with E-state index in [1.807, 2.05) is 16.8 Å². The van der Waals surface area contributed by atoms with Crippen molar-refractivity contribution in [2.75, 3.05) is 0 Å². The molecule has 2 rings (SSSR count). The first-order valence-corrected chi connectivity index (χ1v) is 4.77. The van der Waals surface area contributed by atoms with Crippen molar-refractivity contribution >= 4 is 17.3 Å². The topological polar surface area (TPSA) is 76.2 Å². The number of carboxylic acid groups (broad SMARTS) is 1. The third-order valence-corrected chi connectivity index (χ3v) is 2.32. The minimum Gasteiger partial charge on any atom is -0.474 e. The predicted octanol–water partition coefficient (Wildman–Crippen LogP) is 1.42. The fourth-order valence-electron chi connectivity index (χ4n) is 0.979. The van der Waals surface area contributed by atoms with Gasteiger partial charge in [-0.25, -0.2) is 4.79 Å². The molecule has 0 fully saturated rings. The van der Waals surface area contributed by atoms with E-state index in [0.717, 1.165) is 5.56 Å². The molecule has 2 heterocycles. The summed E-state index contributed by atoms with van der Waals surface area (Å²) in [5, 5.41) is 19.4. The largest absolute Gasteiger partial charge is 0.474 e. The first kappa shape index (κ1) is 8.89. The highest BCUT2D eigenvalue weighted by molar-refractivity contribution is 7.07. The lowest BCUT2D eigenvalue weighted by atomic mass is 10.2. The summed E-state index contributed by atoms with van der Waals surface area (Å²) in [6, 6.07) is 1.93. The highest BCUT2D eigenvalue weighted by Crippen LogP contribution is 2.11. The second kappa shape index (κ2) is 3.59. The van der Waals surface area contributed by atoms with Crippen LogP contribution in [0.15, 0.2) is 21.2 Å². The van der Waals surface area contributed by atoms with E-state index < -0.39 is 5.97 Å². The number of nitrogens with zero attached hydrogens (tertiary/aromatic N) is 2. The summed E-state index contributed by atoms with van der Waals surface area (Å²) in [6.45, 7) is 0. The lowest BCUT2D eigenvalue weighted by molar-refractivity contribution is 0.0651. The van der Waals surface area contributed by atoms with Gasteiger partial charge in [0, 0.05) is 0 Å². The highest BCUT2D eigenvalue weighted by Gasteiger charge is 2.12. The van der Waals surface area contributed by atoms with Crippen LogP contribution in [0, 0.1) is 0 Å². The zero-order valence-electron chi connectivity index (χ0n) is 7.01. The van der Waals surface area contributed by atoms with Crippen molar-refractivity contribution in [3.63, 3.8) is 0 Å². The maximum Gasteiger partial charge on any atom is 0.393 e. The SMILES string of the molecule is O=C(O)c1nnc(Cc2ccsc2)o1. The monoisotopic (exact) mass is 210 g/mol. The molecular weight excluding hydrogens is 204 g/mol. The second-order valence-electron chi connectivity index (χ2n) is 2.61. The molecule has 0 bridgehead atoms. The summed E-state index contributed by atoms with van der Waals surface area (Å²) < 4.78 is 4.90. The van der Waals surface area contributed by atoms with Gasteiger partial charge in [0.25, 0.3) is 0 Å². The van der Waals surface area contributed by atoms with Gasteiger partial charge in [0.15, 0.2) is 0 Å². The Hall–Kier alpha value is -1.69. The van der Waals surface area contributed by atoms with Gasteiger partial charge in [-0.15, -0.1) is 10.2 Å². The fourth-order valence-corrected chi connectivity index (χ4v) is 1.65. The predicted molar refractivity (Wildman–Crippen MR) is 48.4 cm³/mol. The molecule has 0 aromatic carbocycles. The third kappa shape index (κ3) is 1.80. The average molecular weight is 210 g/mol. The molecule has 0 spiro atoms. The maximum absolute atomic E-state index is 10.4. The van der Waals surface area contributed by atoms with Gasteiger partial charge in [0.2, 0.25) is 5.89 Å². The van der Waals surface area contributed by atoms with E-state index in [-0.39, 0.29) is 5.89 Å². The van der Waals surface area contributed by atoms with Gasteiger partial charge in [0.1, 0.15) is 0 Å². The van der Waals surface area contributed by atoms with Crippen molar-refractivity contribution in [1.82, 2.24) is 10.2 Å². The third-order valence-electron chi connectivity index (χ3n) is 1.59. The highest BCUT2D eigenvalue weighted by atomic mass is 32.1. The van der Waals surface area contributed by atoms with Crippen LogP contribution in [-0.4, -0.2) is 21.3 Å². The number of thiophene rings is 1. The van der Waals surface area contributed by atoms with Crippen LogP contribution in [0.2, 0.25) is 0 Å². The van der Waals surface area contributed by atoms with Crippen LogP contribution in [-0.2, 0) is 6.42 Å². The van der Waals surface area contributed by atoms with Crippen molar-refractivity contribution in [1.29, 1.82) is 0 Å². The normalized spacial score (nSPS) is 10.3. The Kier molecular flexibility index (Phi) is 2.28. The van der Waals surface area contributed by atoms with Crippen molar-refractivity contribution in [2.24, 2.45) is 0 Å². The molecule has 0 aliphatic heterocycles. The molecule has 2 aromatic heterocycles. The molecular formula is C8H6N2O3S. The smallest absolute Gasteiger partial charge is 0.393 e. The molecule has 0 amide bonds. The quantitative estimate of drug-likeness (QED) is 0.829. The van der Waals surface area contributed by atoms with Crippen molar-refractivity contribution < 1.29 is 14.3 Å². The van der Waals surface area contributed by atoms with E-state index in [0.29, 0.717) is 12.3 Å². The summed E-state index contributed by atoms with van der Waals surface area (Å²) in [7, 11) is 0. The summed E-state index contributed by atoms with van der Waals surface area (Å²) in [5.74, 6) is -1.25. The van der Waals surface area contributed by atoms with Gasteiger partial charge in [0.05, 0.1) is 6.42 Å². The Balaban J connectivity index is 2.14. The standard InChI is InChI=1S/C8H6N2O3S/c11-8(12)7-10-9-6(13-7)3-5-1-2-14-4-5/h1-2,4H,3H2,(H,11,12). The van der Waals surface area contributed by atoms with E-state index in [2.05, 4.69) is 10.2 Å². The molecule has 2 aromatic rings. The van der Waals surface area contributed by atoms with Crippen LogP contribution >= 0.6 is 11.3 Å². The lowest BCUT2D eigenvalue weighted by Crippen LogP contribution is -1.95. The number of carboxylic acids is 1. The second-order valence-corrected chi connectivity index (χ2v) is 3.39. The van der Waals surface area contributed by atoms with Gasteiger partial charge in [-0.3, -0.25) is 0 Å². The fraction of sp³-hybridized carbons (Fsp3) is 0.125. The number of carbonyl (C=O) groups is 1. The molecule has 0 aliphatic rings. The zero-order chi connectivity index (χ0) is 9.97. The Morgan fingerprint density at radius 1 is 1.57 bits per heavy atom. The number of aromatic nitrogens is 2. The summed E-state index contributed by atoms with van der Waals surface area (Å²) >= 11 is 1.57. The molecule has 14 heavy (non-hydrogen) atoms. The summed E-state index contributed by atoms with van der Waals surface area (Å²) in [4.78, 5) is 10.4. The van der Waals surface area contributed by atoms with E-state index in [1.165, 1.54) is 0 Å². The van der Waals surface area contributed by atoms with E-state index >= 15 is 0 Å². The Bertz CT molecular complexity index is 435. The first-order chi connectivity index (χ1) is 6.75. The summed E-state index contributed by atoms with van der Waals surface area (Å²) in [5.41, 5.74) is 1.04. The summed E-state index contributed by atoms with van der Waals surface area (Å²) in [6.07, 6.45) is 0.476. The van der Waals surface area contributed by atoms with Crippen LogP contribution in [0.3, 0.4) is 0 Å². The molecule has 0 saturated carbocycles. The van der Waals surface area contributed by atoms with Gasteiger partial charge in [-0.1, -0.05) is 0 Å². The molecule has 0 unspecified atom stereocenters. The number of aromatic carboxylic acids is 1. The molecule has 6 heteroatoms. The average Bonchev–Trinajstić information content (AvgIpc) is 2.75. The minimum absolute atomic E-state index is 0.320. The first-order valence-electron chi connectivity index (χ1n) is 3.82. The Morgan fingerprint density at radius 2 is 2.43 bits per heavy atom. The molecule has 72 valence electrons. The van der Waals surface area contributed by atoms with Crippen LogP contribution < -0.4 is 0 Å². The van der Waals surface area contributed by atoms with Crippen molar-refractivity contribution in [2.45, 2.75) is 6.42 Å². The van der Waals surface area contributed by atoms with Crippen LogP contribution in [0.5, 0.6) is 0 Å². The minimum atomic E-state index is -1.20. The lowest BCUT2D eigenvalue weighted by Gasteiger charge is -1.88. The van der Waals surface area contributed by atoms with Gasteiger partial charge in [-0.2, -0.15) is 11.3 Å². The molecule has 1 N–H and O–H groups in total. The number of hydrogen-bond acceptors (Lipinski definition) is 5. The van der Waals surface area contributed by atoms with Gasteiger partial charge < -0.3 is 9.52 Å². The Morgan fingerprint density at radius 3 is 3.00 bits per heavy atom. The molecule has 5 nitrogen and oxygen atoms in total. The molecule has 0 atom stereocenters. The van der Waals surface area contributed by atoms with Gasteiger partial charge >= 0.3 is 11.9 Å². The van der Waals surface area contributed by atoms with E-state index in [4.69, 9.17) is 9.52 Å². The number of rotatable bonds is 3. The van der Waals surface area contributed by atoms with Crippen LogP contribution in [0.1, 0.15) is 22.1 Å². The number of hydrogen-bond donors (Lipinski definition) is 1. The van der Waals surface area contributed by atoms with Crippen LogP contribution in [0.4, 0.5) is 0 Å². The van der Waals surface area contributed by atoms with Crippen molar-refractivity contribution in [3.8, 4) is 0 Å². The van der Waals surface area contributed by atoms with Crippen molar-refractivity contribution in [3.05, 3.63) is 34.2 Å². The molecule has 0 aliphatic carbocycles. The molecule has 0 saturated heterocycles. The van der Waals surface area contributed by atoms with Crippen LogP contribution in [0.25, 0.3) is 0 Å². The molecule has 0 radical (unpaired) electrons. The zero-order valence-corrected chi connectivity index (χ0v) is 7.82. The van der Waals surface area contributed by atoms with Gasteiger partial charge in [-0.05, 0) is 22.4 Å². The maximum atomic E-state index is 10.4. The Labute approximate surface area is 83.0 Å². The van der Waals surface area contributed by atoms with E-state index in [9.17, 15) is 4.79 Å². The van der Waals surface area contributed by atoms with E-state index in [1.54, 1.807) is 11.3 Å².